The summed E-state index contributed by atoms with van der Waals surface area (Å²) < 4.78 is 11.6. The van der Waals surface area contributed by atoms with Crippen LogP contribution in [-0.2, 0) is 14.3 Å². The fourth-order valence-electron chi connectivity index (χ4n) is 4.64. The van der Waals surface area contributed by atoms with Crippen LogP contribution < -0.4 is 0 Å². The highest BCUT2D eigenvalue weighted by atomic mass is 16.5. The standard InChI is InChI=1S/C19H30O3/c1-14(20)21-13-7-6-12-19-16-9-3-2-8-15(16)17-10-4-5-11-18(17)22-19/h8,16-19H,2-7,9-13H2,1H3/t16-,17+,18+,19-/m1/s1. The van der Waals surface area contributed by atoms with Gasteiger partial charge in [0, 0.05) is 18.8 Å². The third-order valence-corrected chi connectivity index (χ3v) is 5.64. The van der Waals surface area contributed by atoms with Crippen LogP contribution in [0.5, 0.6) is 0 Å². The van der Waals surface area contributed by atoms with Gasteiger partial charge in [0.15, 0.2) is 0 Å². The van der Waals surface area contributed by atoms with Gasteiger partial charge in [0.25, 0.3) is 0 Å². The smallest absolute Gasteiger partial charge is 0.302 e. The van der Waals surface area contributed by atoms with Crippen LogP contribution in [0.1, 0.15) is 71.1 Å². The number of fused-ring (bicyclic) bond motifs is 3. The first-order valence-electron chi connectivity index (χ1n) is 9.24. The normalized spacial score (nSPS) is 34.3. The number of esters is 1. The summed E-state index contributed by atoms with van der Waals surface area (Å²) in [5.41, 5.74) is 1.74. The molecule has 0 aromatic heterocycles. The van der Waals surface area contributed by atoms with Crippen molar-refractivity contribution >= 4 is 5.97 Å². The van der Waals surface area contributed by atoms with Crippen molar-refractivity contribution in [2.24, 2.45) is 11.8 Å². The van der Waals surface area contributed by atoms with Crippen molar-refractivity contribution in [2.75, 3.05) is 6.61 Å². The van der Waals surface area contributed by atoms with E-state index in [1.54, 1.807) is 5.57 Å². The van der Waals surface area contributed by atoms with E-state index >= 15 is 0 Å². The van der Waals surface area contributed by atoms with E-state index in [1.807, 2.05) is 0 Å². The quantitative estimate of drug-likeness (QED) is 0.429. The molecule has 3 aliphatic rings. The van der Waals surface area contributed by atoms with Crippen molar-refractivity contribution < 1.29 is 14.3 Å². The van der Waals surface area contributed by atoms with E-state index < -0.39 is 0 Å². The molecule has 0 amide bonds. The maximum atomic E-state index is 10.8. The Morgan fingerprint density at radius 3 is 2.86 bits per heavy atom. The molecule has 0 radical (unpaired) electrons. The first-order valence-corrected chi connectivity index (χ1v) is 9.24. The molecule has 124 valence electrons. The number of ether oxygens (including phenoxy) is 2. The Kier molecular flexibility index (Phi) is 5.56. The average molecular weight is 306 g/mol. The van der Waals surface area contributed by atoms with Gasteiger partial charge in [-0.2, -0.15) is 0 Å². The SMILES string of the molecule is CC(=O)OCCCC[C@H]1O[C@H]2CCCC[C@H]2C2=CCCC[C@H]21. The lowest BCUT2D eigenvalue weighted by atomic mass is 9.68. The van der Waals surface area contributed by atoms with Gasteiger partial charge < -0.3 is 9.47 Å². The maximum Gasteiger partial charge on any atom is 0.302 e. The zero-order valence-corrected chi connectivity index (χ0v) is 13.9. The zero-order chi connectivity index (χ0) is 15.4. The van der Waals surface area contributed by atoms with Crippen molar-refractivity contribution in [3.63, 3.8) is 0 Å². The highest BCUT2D eigenvalue weighted by molar-refractivity contribution is 5.65. The zero-order valence-electron chi connectivity index (χ0n) is 13.9. The minimum Gasteiger partial charge on any atom is -0.466 e. The lowest BCUT2D eigenvalue weighted by Crippen LogP contribution is -2.45. The summed E-state index contributed by atoms with van der Waals surface area (Å²) in [6.45, 7) is 2.04. The van der Waals surface area contributed by atoms with Gasteiger partial charge in [-0.15, -0.1) is 0 Å². The van der Waals surface area contributed by atoms with Crippen LogP contribution in [0.3, 0.4) is 0 Å². The number of carbonyl (C=O) groups excluding carboxylic acids is 1. The summed E-state index contributed by atoms with van der Waals surface area (Å²) in [7, 11) is 0. The molecule has 2 aliphatic carbocycles. The molecule has 1 aliphatic heterocycles. The molecule has 0 unspecified atom stereocenters. The van der Waals surface area contributed by atoms with Crippen molar-refractivity contribution in [1.29, 1.82) is 0 Å². The summed E-state index contributed by atoms with van der Waals surface area (Å²) >= 11 is 0. The van der Waals surface area contributed by atoms with Crippen LogP contribution in [0.15, 0.2) is 11.6 Å². The Morgan fingerprint density at radius 1 is 1.18 bits per heavy atom. The summed E-state index contributed by atoms with van der Waals surface area (Å²) in [5, 5.41) is 0. The van der Waals surface area contributed by atoms with Crippen molar-refractivity contribution in [3.05, 3.63) is 11.6 Å². The summed E-state index contributed by atoms with van der Waals surface area (Å²) in [4.78, 5) is 10.8. The molecule has 1 heterocycles. The molecule has 22 heavy (non-hydrogen) atoms. The first kappa shape index (κ1) is 16.0. The minimum absolute atomic E-state index is 0.170. The maximum absolute atomic E-state index is 10.8. The van der Waals surface area contributed by atoms with Crippen LogP contribution in [-0.4, -0.2) is 24.8 Å². The minimum atomic E-state index is -0.170. The van der Waals surface area contributed by atoms with Crippen LogP contribution in [0.25, 0.3) is 0 Å². The van der Waals surface area contributed by atoms with Gasteiger partial charge >= 0.3 is 5.97 Å². The van der Waals surface area contributed by atoms with Crippen molar-refractivity contribution in [2.45, 2.75) is 83.3 Å². The van der Waals surface area contributed by atoms with Gasteiger partial charge in [0.1, 0.15) is 0 Å². The highest BCUT2D eigenvalue weighted by Crippen LogP contribution is 2.47. The molecule has 2 fully saturated rings. The molecule has 3 heteroatoms. The summed E-state index contributed by atoms with van der Waals surface area (Å²) in [5.74, 6) is 1.22. The number of rotatable bonds is 5. The molecule has 0 spiro atoms. The second kappa shape index (κ2) is 7.63. The summed E-state index contributed by atoms with van der Waals surface area (Å²) in [6, 6.07) is 0. The van der Waals surface area contributed by atoms with E-state index in [4.69, 9.17) is 9.47 Å². The predicted octanol–water partition coefficient (Wildman–Crippen LogP) is 4.40. The Hall–Kier alpha value is -0.830. The average Bonchev–Trinajstić information content (AvgIpc) is 2.54. The number of unbranched alkanes of at least 4 members (excludes halogenated alkanes) is 1. The molecule has 0 bridgehead atoms. The topological polar surface area (TPSA) is 35.5 Å². The fourth-order valence-corrected chi connectivity index (χ4v) is 4.64. The van der Waals surface area contributed by atoms with Crippen LogP contribution in [0.2, 0.25) is 0 Å². The first-order chi connectivity index (χ1) is 10.8. The van der Waals surface area contributed by atoms with Gasteiger partial charge in [0.2, 0.25) is 0 Å². The van der Waals surface area contributed by atoms with Gasteiger partial charge in [0.05, 0.1) is 18.8 Å². The van der Waals surface area contributed by atoms with Crippen LogP contribution in [0, 0.1) is 11.8 Å². The summed E-state index contributed by atoms with van der Waals surface area (Å²) in [6.07, 6.45) is 15.8. The van der Waals surface area contributed by atoms with Gasteiger partial charge in [-0.3, -0.25) is 4.79 Å². The van der Waals surface area contributed by atoms with Crippen LogP contribution in [0.4, 0.5) is 0 Å². The molecule has 4 atom stereocenters. The number of hydrogen-bond donors (Lipinski definition) is 0. The molecule has 0 N–H and O–H groups in total. The molecule has 1 saturated heterocycles. The molecule has 3 rings (SSSR count). The third-order valence-electron chi connectivity index (χ3n) is 5.64. The number of hydrogen-bond acceptors (Lipinski definition) is 3. The Labute approximate surface area is 134 Å². The monoisotopic (exact) mass is 306 g/mol. The molecular formula is C19H30O3. The number of carbonyl (C=O) groups is 1. The van der Waals surface area contributed by atoms with Crippen LogP contribution >= 0.6 is 0 Å². The Morgan fingerprint density at radius 2 is 2.00 bits per heavy atom. The van der Waals surface area contributed by atoms with Gasteiger partial charge in [-0.1, -0.05) is 24.5 Å². The molecular weight excluding hydrogens is 276 g/mol. The van der Waals surface area contributed by atoms with E-state index in [-0.39, 0.29) is 5.97 Å². The second-order valence-corrected chi connectivity index (χ2v) is 7.18. The molecule has 0 aromatic carbocycles. The van der Waals surface area contributed by atoms with E-state index in [2.05, 4.69) is 6.08 Å². The Bertz CT molecular complexity index is 415. The highest BCUT2D eigenvalue weighted by Gasteiger charge is 2.42. The van der Waals surface area contributed by atoms with Crippen molar-refractivity contribution in [3.8, 4) is 0 Å². The molecule has 1 saturated carbocycles. The molecule has 0 aromatic rings. The Balaban J connectivity index is 1.55. The van der Waals surface area contributed by atoms with E-state index in [0.717, 1.165) is 25.2 Å². The largest absolute Gasteiger partial charge is 0.466 e. The lowest BCUT2D eigenvalue weighted by Gasteiger charge is -2.47. The van der Waals surface area contributed by atoms with E-state index in [0.29, 0.717) is 24.7 Å². The number of allylic oxidation sites excluding steroid dienone is 1. The van der Waals surface area contributed by atoms with Gasteiger partial charge in [-0.25, -0.2) is 0 Å². The van der Waals surface area contributed by atoms with Crippen molar-refractivity contribution in [1.82, 2.24) is 0 Å². The van der Waals surface area contributed by atoms with E-state index in [9.17, 15) is 4.79 Å². The predicted molar refractivity (Wildman–Crippen MR) is 86.5 cm³/mol. The fraction of sp³-hybridized carbons (Fsp3) is 0.842. The van der Waals surface area contributed by atoms with Gasteiger partial charge in [-0.05, 0) is 51.4 Å². The molecule has 3 nitrogen and oxygen atoms in total. The lowest BCUT2D eigenvalue weighted by molar-refractivity contribution is -0.141. The second-order valence-electron chi connectivity index (χ2n) is 7.18. The third kappa shape index (κ3) is 3.73. The van der Waals surface area contributed by atoms with E-state index in [1.165, 1.54) is 51.9 Å².